The summed E-state index contributed by atoms with van der Waals surface area (Å²) in [6.07, 6.45) is 1.91. The number of nitrogens with zero attached hydrogens (tertiary/aromatic N) is 3. The molecule has 0 aliphatic heterocycles. The number of amides is 1. The van der Waals surface area contributed by atoms with Gasteiger partial charge in [-0.15, -0.1) is 0 Å². The molecule has 5 nitrogen and oxygen atoms in total. The molecule has 0 saturated carbocycles. The van der Waals surface area contributed by atoms with E-state index in [-0.39, 0.29) is 25.3 Å². The highest BCUT2D eigenvalue weighted by Gasteiger charge is 2.39. The summed E-state index contributed by atoms with van der Waals surface area (Å²) in [6.45, 7) is 2.17. The van der Waals surface area contributed by atoms with Gasteiger partial charge in [-0.3, -0.25) is 14.8 Å². The molecule has 1 amide bonds. The Morgan fingerprint density at radius 3 is 2.81 bits per heavy atom. The van der Waals surface area contributed by atoms with Gasteiger partial charge in [0.1, 0.15) is 5.84 Å². The van der Waals surface area contributed by atoms with Gasteiger partial charge in [-0.25, -0.2) is 4.99 Å². The average Bonchev–Trinajstić information content (AvgIpc) is 2.77. The fraction of sp³-hybridized carbons (Fsp3) is 0.391. The van der Waals surface area contributed by atoms with E-state index in [1.807, 2.05) is 25.1 Å². The number of carbonyl (C=O) groups is 1. The topological polar surface area (TPSA) is 66.7 Å². The molecule has 0 fully saturated rings. The van der Waals surface area contributed by atoms with Crippen molar-refractivity contribution in [3.05, 3.63) is 47.7 Å². The zero-order valence-electron chi connectivity index (χ0n) is 17.5. The van der Waals surface area contributed by atoms with Crippen LogP contribution in [-0.4, -0.2) is 42.7 Å². The first-order chi connectivity index (χ1) is 14.8. The molecule has 2 aromatic rings. The summed E-state index contributed by atoms with van der Waals surface area (Å²) in [5.74, 6) is -1.06. The van der Waals surface area contributed by atoms with E-state index in [4.69, 9.17) is 0 Å². The number of para-hydroxylation sites is 1. The molecule has 164 valence electrons. The summed E-state index contributed by atoms with van der Waals surface area (Å²) in [4.78, 5) is 25.2. The van der Waals surface area contributed by atoms with E-state index >= 15 is 0 Å². The van der Waals surface area contributed by atoms with E-state index in [1.54, 1.807) is 25.4 Å². The number of rotatable bonds is 5. The fourth-order valence-electron chi connectivity index (χ4n) is 3.56. The molecule has 1 atom stereocenters. The number of aliphatic imine (C=N–C) groups is 2. The van der Waals surface area contributed by atoms with Crippen LogP contribution in [0.25, 0.3) is 16.5 Å². The third-order valence-corrected chi connectivity index (χ3v) is 5.28. The second-order valence-electron chi connectivity index (χ2n) is 7.39. The third-order valence-electron chi connectivity index (χ3n) is 5.28. The van der Waals surface area contributed by atoms with Crippen molar-refractivity contribution in [2.45, 2.75) is 38.8 Å². The Morgan fingerprint density at radius 2 is 2.16 bits per heavy atom. The van der Waals surface area contributed by atoms with Gasteiger partial charge >= 0.3 is 6.18 Å². The first kappa shape index (κ1) is 22.7. The smallest absolute Gasteiger partial charge is 0.345 e. The number of benzene rings is 1. The van der Waals surface area contributed by atoms with Crippen LogP contribution < -0.4 is 5.32 Å². The average molecular weight is 430 g/mol. The zero-order valence-corrected chi connectivity index (χ0v) is 17.5. The standard InChI is InChI=1S/C23H25F3N4O/c1-3-11-28-20(27-2)14-30-22(31)17-12-16-5-4-6-19(21(16)29-13-17)15-7-9-18(10-8-15)23(24,25)26/h4-7,11-13,18H,3,8-10,14H2,1-2H3,(H,30,31). The summed E-state index contributed by atoms with van der Waals surface area (Å²) in [5.41, 5.74) is 2.77. The fourth-order valence-corrected chi connectivity index (χ4v) is 3.56. The minimum Gasteiger partial charge on any atom is -0.345 e. The van der Waals surface area contributed by atoms with E-state index in [2.05, 4.69) is 20.3 Å². The molecule has 0 saturated heterocycles. The van der Waals surface area contributed by atoms with Crippen LogP contribution in [0, 0.1) is 5.92 Å². The summed E-state index contributed by atoms with van der Waals surface area (Å²) >= 11 is 0. The van der Waals surface area contributed by atoms with Gasteiger partial charge in [0.2, 0.25) is 0 Å². The molecule has 1 heterocycles. The lowest BCUT2D eigenvalue weighted by Crippen LogP contribution is -2.29. The van der Waals surface area contributed by atoms with Gasteiger partial charge in [0.15, 0.2) is 0 Å². The maximum absolute atomic E-state index is 12.9. The van der Waals surface area contributed by atoms with Crippen LogP contribution in [0.1, 0.15) is 48.5 Å². The monoisotopic (exact) mass is 430 g/mol. The molecule has 1 aliphatic rings. The Hall–Kier alpha value is -3.03. The number of hydrogen-bond donors (Lipinski definition) is 1. The van der Waals surface area contributed by atoms with E-state index in [0.717, 1.165) is 22.9 Å². The van der Waals surface area contributed by atoms with E-state index in [0.29, 0.717) is 23.3 Å². The van der Waals surface area contributed by atoms with Crippen molar-refractivity contribution in [3.8, 4) is 0 Å². The maximum atomic E-state index is 12.9. The van der Waals surface area contributed by atoms with Gasteiger partial charge in [0.25, 0.3) is 5.91 Å². The number of nitrogens with one attached hydrogen (secondary N) is 1. The highest BCUT2D eigenvalue weighted by atomic mass is 19.4. The van der Waals surface area contributed by atoms with Crippen molar-refractivity contribution in [2.24, 2.45) is 15.9 Å². The minimum atomic E-state index is -4.16. The van der Waals surface area contributed by atoms with E-state index in [9.17, 15) is 18.0 Å². The van der Waals surface area contributed by atoms with Crippen molar-refractivity contribution in [2.75, 3.05) is 13.6 Å². The van der Waals surface area contributed by atoms with Crippen LogP contribution >= 0.6 is 0 Å². The van der Waals surface area contributed by atoms with Gasteiger partial charge < -0.3 is 5.32 Å². The lowest BCUT2D eigenvalue weighted by Gasteiger charge is -2.24. The maximum Gasteiger partial charge on any atom is 0.392 e. The lowest BCUT2D eigenvalue weighted by atomic mass is 9.85. The van der Waals surface area contributed by atoms with E-state index in [1.165, 1.54) is 6.20 Å². The molecule has 0 bridgehead atoms. The minimum absolute atomic E-state index is 0.0163. The lowest BCUT2D eigenvalue weighted by molar-refractivity contribution is -0.175. The van der Waals surface area contributed by atoms with Gasteiger partial charge in [0.05, 0.1) is 23.5 Å². The number of aromatic nitrogens is 1. The summed E-state index contributed by atoms with van der Waals surface area (Å²) in [5, 5.41) is 3.54. The first-order valence-electron chi connectivity index (χ1n) is 10.2. The van der Waals surface area contributed by atoms with Crippen molar-refractivity contribution in [3.63, 3.8) is 0 Å². The molecular weight excluding hydrogens is 405 g/mol. The molecule has 1 aromatic heterocycles. The zero-order chi connectivity index (χ0) is 22.4. The van der Waals surface area contributed by atoms with Gasteiger partial charge in [-0.2, -0.15) is 13.2 Å². The molecule has 1 unspecified atom stereocenters. The van der Waals surface area contributed by atoms with Crippen molar-refractivity contribution in [1.29, 1.82) is 0 Å². The van der Waals surface area contributed by atoms with Crippen LogP contribution in [0.5, 0.6) is 0 Å². The van der Waals surface area contributed by atoms with Gasteiger partial charge in [-0.05, 0) is 37.3 Å². The molecule has 31 heavy (non-hydrogen) atoms. The second-order valence-corrected chi connectivity index (χ2v) is 7.39. The molecular formula is C23H25F3N4O. The van der Waals surface area contributed by atoms with Crippen LogP contribution in [0.3, 0.4) is 0 Å². The highest BCUT2D eigenvalue weighted by Crippen LogP contribution is 2.40. The Bertz CT molecular complexity index is 1040. The number of halogens is 3. The van der Waals surface area contributed by atoms with Crippen LogP contribution in [0.4, 0.5) is 13.2 Å². The molecule has 0 spiro atoms. The largest absolute Gasteiger partial charge is 0.392 e. The van der Waals surface area contributed by atoms with E-state index < -0.39 is 12.1 Å². The number of alkyl halides is 3. The SMILES string of the molecule is CCC=NC(CNC(=O)c1cnc2c(C3=CCC(C(F)(F)F)CC3)cccc2c1)=NC. The second kappa shape index (κ2) is 9.85. The molecule has 8 heteroatoms. The van der Waals surface area contributed by atoms with Crippen LogP contribution in [0.2, 0.25) is 0 Å². The first-order valence-corrected chi connectivity index (χ1v) is 10.2. The third kappa shape index (κ3) is 5.57. The normalized spacial score (nSPS) is 17.8. The Labute approximate surface area is 179 Å². The number of hydrogen-bond acceptors (Lipinski definition) is 3. The number of allylic oxidation sites excluding steroid dienone is 2. The summed E-state index contributed by atoms with van der Waals surface area (Å²) < 4.78 is 38.8. The van der Waals surface area contributed by atoms with Crippen molar-refractivity contribution in [1.82, 2.24) is 10.3 Å². The number of carbonyl (C=O) groups excluding carboxylic acids is 1. The quantitative estimate of drug-likeness (QED) is 0.522. The Morgan fingerprint density at radius 1 is 1.35 bits per heavy atom. The van der Waals surface area contributed by atoms with Gasteiger partial charge in [0, 0.05) is 30.4 Å². The highest BCUT2D eigenvalue weighted by molar-refractivity contribution is 6.01. The van der Waals surface area contributed by atoms with Crippen LogP contribution in [0.15, 0.2) is 46.5 Å². The Balaban J connectivity index is 1.78. The number of fused-ring (bicyclic) bond motifs is 1. The summed E-state index contributed by atoms with van der Waals surface area (Å²) in [7, 11) is 1.62. The molecule has 1 N–H and O–H groups in total. The van der Waals surface area contributed by atoms with Gasteiger partial charge in [-0.1, -0.05) is 31.2 Å². The number of amidine groups is 1. The molecule has 3 rings (SSSR count). The predicted molar refractivity (Wildman–Crippen MR) is 118 cm³/mol. The predicted octanol–water partition coefficient (Wildman–Crippen LogP) is 5.22. The van der Waals surface area contributed by atoms with Crippen molar-refractivity contribution < 1.29 is 18.0 Å². The van der Waals surface area contributed by atoms with Crippen LogP contribution in [-0.2, 0) is 0 Å². The van der Waals surface area contributed by atoms with Crippen molar-refractivity contribution >= 4 is 34.4 Å². The Kier molecular flexibility index (Phi) is 7.20. The molecule has 0 radical (unpaired) electrons. The summed E-state index contributed by atoms with van der Waals surface area (Å²) in [6, 6.07) is 7.28. The number of pyridine rings is 1. The molecule has 1 aromatic carbocycles. The molecule has 1 aliphatic carbocycles.